The molecule has 1 atom stereocenters. The summed E-state index contributed by atoms with van der Waals surface area (Å²) in [6.07, 6.45) is 1.65. The van der Waals surface area contributed by atoms with E-state index in [4.69, 9.17) is 0 Å². The van der Waals surface area contributed by atoms with Gasteiger partial charge in [0.25, 0.3) is 0 Å². The second kappa shape index (κ2) is 3.92. The van der Waals surface area contributed by atoms with Crippen LogP contribution in [0.2, 0.25) is 0 Å². The third-order valence-corrected chi connectivity index (χ3v) is 6.80. The van der Waals surface area contributed by atoms with Crippen molar-refractivity contribution in [1.82, 2.24) is 9.97 Å². The number of hydrogen-bond donors (Lipinski definition) is 0. The topological polar surface area (TPSA) is 42.9 Å². The highest BCUT2D eigenvalue weighted by atomic mass is 31.2. The number of hydrogen-bond acceptors (Lipinski definition) is 3. The molecule has 1 unspecified atom stereocenters. The van der Waals surface area contributed by atoms with Crippen LogP contribution in [-0.2, 0) is 4.57 Å². The molecule has 0 bridgehead atoms. The summed E-state index contributed by atoms with van der Waals surface area (Å²) in [6, 6.07) is 7.64. The molecule has 2 rings (SSSR count). The quantitative estimate of drug-likeness (QED) is 0.728. The van der Waals surface area contributed by atoms with Crippen molar-refractivity contribution in [2.24, 2.45) is 0 Å². The van der Waals surface area contributed by atoms with Crippen molar-refractivity contribution in [3.63, 3.8) is 0 Å². The van der Waals surface area contributed by atoms with Gasteiger partial charge < -0.3 is 4.57 Å². The summed E-state index contributed by atoms with van der Waals surface area (Å²) < 4.78 is 12.8. The summed E-state index contributed by atoms with van der Waals surface area (Å²) in [4.78, 5) is 8.81. The van der Waals surface area contributed by atoms with Gasteiger partial charge in [-0.2, -0.15) is 0 Å². The van der Waals surface area contributed by atoms with E-state index in [1.54, 1.807) is 12.9 Å². The summed E-state index contributed by atoms with van der Waals surface area (Å²) in [5.41, 5.74) is 2.25. The van der Waals surface area contributed by atoms with E-state index < -0.39 is 7.14 Å². The molecule has 1 aromatic heterocycles. The first-order valence-corrected chi connectivity index (χ1v) is 7.78. The van der Waals surface area contributed by atoms with E-state index in [-0.39, 0.29) is 5.16 Å². The van der Waals surface area contributed by atoms with E-state index in [0.717, 1.165) is 11.0 Å². The molecular formula is C13H17N2OP. The minimum absolute atomic E-state index is 0.288. The van der Waals surface area contributed by atoms with Crippen LogP contribution in [-0.4, -0.2) is 21.8 Å². The lowest BCUT2D eigenvalue weighted by molar-refractivity contribution is 0.560. The molecule has 0 saturated carbocycles. The van der Waals surface area contributed by atoms with Crippen LogP contribution in [0.3, 0.4) is 0 Å². The van der Waals surface area contributed by atoms with Crippen molar-refractivity contribution < 1.29 is 4.57 Å². The molecule has 0 saturated heterocycles. The number of rotatable bonds is 1. The van der Waals surface area contributed by atoms with Crippen molar-refractivity contribution in [2.45, 2.75) is 25.9 Å². The lowest BCUT2D eigenvalue weighted by Crippen LogP contribution is -2.24. The predicted molar refractivity (Wildman–Crippen MR) is 72.5 cm³/mol. The Morgan fingerprint density at radius 3 is 2.29 bits per heavy atom. The minimum atomic E-state index is -2.51. The Balaban J connectivity index is 2.62. The fraction of sp³-hybridized carbons (Fsp3) is 0.385. The third kappa shape index (κ3) is 2.12. The highest BCUT2D eigenvalue weighted by Crippen LogP contribution is 2.52. The van der Waals surface area contributed by atoms with Crippen molar-refractivity contribution >= 4 is 23.6 Å². The molecule has 90 valence electrons. The van der Waals surface area contributed by atoms with E-state index in [0.29, 0.717) is 5.44 Å². The zero-order valence-electron chi connectivity index (χ0n) is 10.6. The standard InChI is InChI=1S/C13H17N2OP/c1-13(2,3)17(4,16)12-9-14-10-7-5-6-8-11(10)15-12/h5-9H,1-4H3. The summed E-state index contributed by atoms with van der Waals surface area (Å²) in [5, 5.41) is -0.288. The van der Waals surface area contributed by atoms with E-state index in [2.05, 4.69) is 9.97 Å². The third-order valence-electron chi connectivity index (χ3n) is 3.15. The van der Waals surface area contributed by atoms with Gasteiger partial charge in [0.05, 0.1) is 17.2 Å². The molecule has 0 radical (unpaired) electrons. The Kier molecular flexibility index (Phi) is 2.82. The van der Waals surface area contributed by atoms with Crippen LogP contribution in [0.25, 0.3) is 11.0 Å². The Bertz CT molecular complexity index is 602. The molecule has 0 N–H and O–H groups in total. The second-order valence-corrected chi connectivity index (χ2v) is 8.96. The molecule has 0 amide bonds. The molecule has 3 nitrogen and oxygen atoms in total. The Morgan fingerprint density at radius 2 is 1.71 bits per heavy atom. The Hall–Kier alpha value is -1.21. The number of aromatic nitrogens is 2. The van der Waals surface area contributed by atoms with E-state index in [9.17, 15) is 4.57 Å². The van der Waals surface area contributed by atoms with Gasteiger partial charge in [0.15, 0.2) is 0 Å². The first kappa shape index (κ1) is 12.3. The molecule has 0 aliphatic heterocycles. The van der Waals surface area contributed by atoms with Crippen LogP contribution in [0.15, 0.2) is 30.5 Å². The molecule has 0 fully saturated rings. The number of benzene rings is 1. The normalized spacial score (nSPS) is 15.8. The summed E-state index contributed by atoms with van der Waals surface area (Å²) >= 11 is 0. The van der Waals surface area contributed by atoms with Gasteiger partial charge in [-0.05, 0) is 18.8 Å². The van der Waals surface area contributed by atoms with Crippen LogP contribution >= 0.6 is 7.14 Å². The lowest BCUT2D eigenvalue weighted by Gasteiger charge is -2.27. The van der Waals surface area contributed by atoms with Gasteiger partial charge in [-0.3, -0.25) is 4.98 Å². The van der Waals surface area contributed by atoms with Gasteiger partial charge in [-0.15, -0.1) is 0 Å². The SMILES string of the molecule is CC(C)(C)P(C)(=O)c1cnc2ccccc2n1. The summed E-state index contributed by atoms with van der Waals surface area (Å²) in [6.45, 7) is 7.71. The van der Waals surface area contributed by atoms with Gasteiger partial charge in [0.1, 0.15) is 12.6 Å². The molecule has 0 spiro atoms. The van der Waals surface area contributed by atoms with E-state index >= 15 is 0 Å². The highest BCUT2D eigenvalue weighted by molar-refractivity contribution is 7.72. The average molecular weight is 248 g/mol. The maximum atomic E-state index is 12.8. The monoisotopic (exact) mass is 248 g/mol. The molecule has 2 aromatic rings. The maximum absolute atomic E-state index is 12.8. The molecule has 0 aliphatic carbocycles. The maximum Gasteiger partial charge on any atom is 0.136 e. The van der Waals surface area contributed by atoms with Gasteiger partial charge in [0.2, 0.25) is 0 Å². The molecule has 1 aromatic carbocycles. The van der Waals surface area contributed by atoms with Gasteiger partial charge in [-0.1, -0.05) is 32.9 Å². The van der Waals surface area contributed by atoms with Crippen LogP contribution in [0.1, 0.15) is 20.8 Å². The molecule has 4 heteroatoms. The van der Waals surface area contributed by atoms with Crippen LogP contribution in [0.5, 0.6) is 0 Å². The van der Waals surface area contributed by atoms with Gasteiger partial charge in [-0.25, -0.2) is 4.98 Å². The second-order valence-electron chi connectivity index (χ2n) is 5.31. The van der Waals surface area contributed by atoms with Crippen molar-refractivity contribution in [1.29, 1.82) is 0 Å². The van der Waals surface area contributed by atoms with Crippen molar-refractivity contribution in [3.05, 3.63) is 30.5 Å². The first-order valence-electron chi connectivity index (χ1n) is 5.62. The fourth-order valence-corrected chi connectivity index (χ4v) is 2.76. The van der Waals surface area contributed by atoms with E-state index in [1.165, 1.54) is 0 Å². The van der Waals surface area contributed by atoms with Crippen molar-refractivity contribution in [2.75, 3.05) is 6.66 Å². The first-order chi connectivity index (χ1) is 7.82. The average Bonchev–Trinajstić information content (AvgIpc) is 2.27. The zero-order chi connectivity index (χ0) is 12.7. The minimum Gasteiger partial charge on any atom is -0.317 e. The van der Waals surface area contributed by atoms with Crippen LogP contribution in [0.4, 0.5) is 0 Å². The molecule has 1 heterocycles. The molecule has 17 heavy (non-hydrogen) atoms. The van der Waals surface area contributed by atoms with E-state index in [1.807, 2.05) is 45.0 Å². The molecular weight excluding hydrogens is 231 g/mol. The Morgan fingerprint density at radius 1 is 1.12 bits per heavy atom. The smallest absolute Gasteiger partial charge is 0.136 e. The zero-order valence-corrected chi connectivity index (χ0v) is 11.5. The predicted octanol–water partition coefficient (Wildman–Crippen LogP) is 3.05. The van der Waals surface area contributed by atoms with Crippen molar-refractivity contribution in [3.8, 4) is 0 Å². The molecule has 0 aliphatic rings. The highest BCUT2D eigenvalue weighted by Gasteiger charge is 2.34. The van der Waals surface area contributed by atoms with Crippen LogP contribution < -0.4 is 5.44 Å². The summed E-state index contributed by atoms with van der Waals surface area (Å²) in [5.74, 6) is 0. The number of fused-ring (bicyclic) bond motifs is 1. The lowest BCUT2D eigenvalue weighted by atomic mass is 10.3. The Labute approximate surface area is 102 Å². The largest absolute Gasteiger partial charge is 0.317 e. The van der Waals surface area contributed by atoms with Crippen LogP contribution in [0, 0.1) is 0 Å². The fourth-order valence-electron chi connectivity index (χ4n) is 1.50. The van der Waals surface area contributed by atoms with Gasteiger partial charge >= 0.3 is 0 Å². The number of para-hydroxylation sites is 2. The summed E-state index contributed by atoms with van der Waals surface area (Å²) in [7, 11) is -2.51. The number of nitrogens with zero attached hydrogens (tertiary/aromatic N) is 2. The van der Waals surface area contributed by atoms with Gasteiger partial charge in [0, 0.05) is 5.16 Å².